The molecule has 0 aliphatic carbocycles. The molecule has 4 heteroatoms. The highest BCUT2D eigenvalue weighted by molar-refractivity contribution is 5.78. The summed E-state index contributed by atoms with van der Waals surface area (Å²) in [6, 6.07) is 9.88. The van der Waals surface area contributed by atoms with Crippen LogP contribution >= 0.6 is 0 Å². The number of carbonyl (C=O) groups excluding carboxylic acids is 1. The van der Waals surface area contributed by atoms with Crippen LogP contribution in [0, 0.1) is 13.8 Å². The van der Waals surface area contributed by atoms with Gasteiger partial charge < -0.3 is 14.6 Å². The minimum Gasteiger partial charge on any atom is -0.494 e. The van der Waals surface area contributed by atoms with E-state index in [1.165, 1.54) is 17.0 Å². The average molecular weight is 314 g/mol. The lowest BCUT2D eigenvalue weighted by Crippen LogP contribution is -2.27. The molecular formula is C19H26N2O2. The second-order valence-corrected chi connectivity index (χ2v) is 5.81. The normalized spacial score (nSPS) is 10.6. The Morgan fingerprint density at radius 1 is 1.22 bits per heavy atom. The van der Waals surface area contributed by atoms with Gasteiger partial charge >= 0.3 is 0 Å². The Morgan fingerprint density at radius 3 is 2.48 bits per heavy atom. The molecule has 1 aromatic carbocycles. The number of nitrogens with one attached hydrogen (secondary N) is 1. The predicted molar refractivity (Wildman–Crippen MR) is 92.9 cm³/mol. The highest BCUT2D eigenvalue weighted by Gasteiger charge is 2.07. The van der Waals surface area contributed by atoms with E-state index in [9.17, 15) is 4.79 Å². The number of carbonyl (C=O) groups is 1. The molecule has 2 rings (SSSR count). The molecule has 1 heterocycles. The molecule has 0 aliphatic rings. The Bertz CT molecular complexity index is 657. The topological polar surface area (TPSA) is 43.3 Å². The smallest absolute Gasteiger partial charge is 0.224 e. The molecule has 0 fully saturated rings. The summed E-state index contributed by atoms with van der Waals surface area (Å²) in [5, 5.41) is 3.00. The summed E-state index contributed by atoms with van der Waals surface area (Å²) in [6.07, 6.45) is 1.27. The van der Waals surface area contributed by atoms with Crippen LogP contribution in [0.2, 0.25) is 0 Å². The summed E-state index contributed by atoms with van der Waals surface area (Å²) in [5.41, 5.74) is 4.81. The Morgan fingerprint density at radius 2 is 1.91 bits per heavy atom. The number of hydrogen-bond donors (Lipinski definition) is 1. The molecule has 0 saturated heterocycles. The largest absolute Gasteiger partial charge is 0.494 e. The number of amides is 1. The Hall–Kier alpha value is -2.23. The van der Waals surface area contributed by atoms with Gasteiger partial charge in [-0.3, -0.25) is 4.79 Å². The van der Waals surface area contributed by atoms with Gasteiger partial charge in [0.15, 0.2) is 0 Å². The maximum Gasteiger partial charge on any atom is 0.224 e. The van der Waals surface area contributed by atoms with Gasteiger partial charge in [-0.15, -0.1) is 0 Å². The van der Waals surface area contributed by atoms with Gasteiger partial charge in [0.25, 0.3) is 0 Å². The van der Waals surface area contributed by atoms with Gasteiger partial charge in [0, 0.05) is 25.0 Å². The Kier molecular flexibility index (Phi) is 5.85. The zero-order valence-corrected chi connectivity index (χ0v) is 14.5. The molecule has 0 unspecified atom stereocenters. The first-order valence-corrected chi connectivity index (χ1v) is 8.11. The first kappa shape index (κ1) is 17.1. The van der Waals surface area contributed by atoms with E-state index in [1.54, 1.807) is 0 Å². The van der Waals surface area contributed by atoms with Crippen LogP contribution < -0.4 is 10.1 Å². The van der Waals surface area contributed by atoms with Crippen molar-refractivity contribution in [1.29, 1.82) is 0 Å². The molecule has 4 nitrogen and oxygen atoms in total. The maximum absolute atomic E-state index is 12.0. The number of aromatic nitrogens is 1. The van der Waals surface area contributed by atoms with Crippen LogP contribution in [0.25, 0.3) is 0 Å². The van der Waals surface area contributed by atoms with Crippen molar-refractivity contribution < 1.29 is 9.53 Å². The summed E-state index contributed by atoms with van der Waals surface area (Å²) in [6.45, 7) is 7.49. The fraction of sp³-hybridized carbons (Fsp3) is 0.421. The number of aryl methyl sites for hydroxylation is 1. The molecule has 124 valence electrons. The van der Waals surface area contributed by atoms with E-state index >= 15 is 0 Å². The molecule has 1 aromatic heterocycles. The van der Waals surface area contributed by atoms with Gasteiger partial charge in [0.05, 0.1) is 13.0 Å². The summed E-state index contributed by atoms with van der Waals surface area (Å²) < 4.78 is 7.58. The SMILES string of the molecule is CCOc1ccc(CC(=O)NCCc2cc(C)n(C)c2C)cc1. The van der Waals surface area contributed by atoms with E-state index < -0.39 is 0 Å². The van der Waals surface area contributed by atoms with Gasteiger partial charge in [0.1, 0.15) is 5.75 Å². The molecule has 0 bridgehead atoms. The fourth-order valence-electron chi connectivity index (χ4n) is 2.64. The van der Waals surface area contributed by atoms with E-state index in [0.29, 0.717) is 19.6 Å². The van der Waals surface area contributed by atoms with Crippen molar-refractivity contribution in [3.8, 4) is 5.75 Å². The van der Waals surface area contributed by atoms with E-state index in [0.717, 1.165) is 17.7 Å². The summed E-state index contributed by atoms with van der Waals surface area (Å²) >= 11 is 0. The lowest BCUT2D eigenvalue weighted by Gasteiger charge is -2.07. The van der Waals surface area contributed by atoms with E-state index in [-0.39, 0.29) is 5.91 Å². The lowest BCUT2D eigenvalue weighted by molar-refractivity contribution is -0.120. The van der Waals surface area contributed by atoms with Gasteiger partial charge in [-0.25, -0.2) is 0 Å². The molecule has 0 radical (unpaired) electrons. The first-order valence-electron chi connectivity index (χ1n) is 8.11. The molecule has 0 spiro atoms. The number of benzene rings is 1. The van der Waals surface area contributed by atoms with Gasteiger partial charge in [-0.05, 0) is 56.5 Å². The van der Waals surface area contributed by atoms with Crippen molar-refractivity contribution in [2.75, 3.05) is 13.2 Å². The van der Waals surface area contributed by atoms with Crippen LogP contribution in [-0.4, -0.2) is 23.6 Å². The third-order valence-electron chi connectivity index (χ3n) is 4.20. The van der Waals surface area contributed by atoms with Crippen LogP contribution in [0.4, 0.5) is 0 Å². The standard InChI is InChI=1S/C19H26N2O2/c1-5-23-18-8-6-16(7-9-18)13-19(22)20-11-10-17-12-14(2)21(4)15(17)3/h6-9,12H,5,10-11,13H2,1-4H3,(H,20,22). The monoisotopic (exact) mass is 314 g/mol. The fourth-order valence-corrected chi connectivity index (χ4v) is 2.64. The third kappa shape index (κ3) is 4.62. The minimum atomic E-state index is 0.0551. The van der Waals surface area contributed by atoms with Gasteiger partial charge in [-0.1, -0.05) is 12.1 Å². The highest BCUT2D eigenvalue weighted by Crippen LogP contribution is 2.14. The van der Waals surface area contributed by atoms with Gasteiger partial charge in [0.2, 0.25) is 5.91 Å². The minimum absolute atomic E-state index is 0.0551. The quantitative estimate of drug-likeness (QED) is 0.854. The van der Waals surface area contributed by atoms with Gasteiger partial charge in [-0.2, -0.15) is 0 Å². The number of hydrogen-bond acceptors (Lipinski definition) is 2. The average Bonchev–Trinajstić information content (AvgIpc) is 2.77. The Balaban J connectivity index is 1.79. The third-order valence-corrected chi connectivity index (χ3v) is 4.20. The summed E-state index contributed by atoms with van der Waals surface area (Å²) in [5.74, 6) is 0.894. The maximum atomic E-state index is 12.0. The van der Waals surface area contributed by atoms with Crippen molar-refractivity contribution >= 4 is 5.91 Å². The van der Waals surface area contributed by atoms with E-state index in [4.69, 9.17) is 4.74 Å². The molecule has 1 N–H and O–H groups in total. The molecule has 0 saturated carbocycles. The van der Waals surface area contributed by atoms with Crippen LogP contribution in [0.15, 0.2) is 30.3 Å². The van der Waals surface area contributed by atoms with Crippen LogP contribution in [0.5, 0.6) is 5.75 Å². The van der Waals surface area contributed by atoms with Crippen molar-refractivity contribution in [2.24, 2.45) is 7.05 Å². The lowest BCUT2D eigenvalue weighted by atomic mass is 10.1. The summed E-state index contributed by atoms with van der Waals surface area (Å²) in [4.78, 5) is 12.0. The van der Waals surface area contributed by atoms with E-state index in [1.807, 2.05) is 31.2 Å². The van der Waals surface area contributed by atoms with Crippen LogP contribution in [0.1, 0.15) is 29.4 Å². The molecule has 1 amide bonds. The van der Waals surface area contributed by atoms with Crippen LogP contribution in [0.3, 0.4) is 0 Å². The number of rotatable bonds is 7. The zero-order valence-electron chi connectivity index (χ0n) is 14.5. The number of nitrogens with zero attached hydrogens (tertiary/aromatic N) is 1. The molecule has 2 aromatic rings. The second kappa shape index (κ2) is 7.86. The zero-order chi connectivity index (χ0) is 16.8. The molecular weight excluding hydrogens is 288 g/mol. The molecule has 23 heavy (non-hydrogen) atoms. The van der Waals surface area contributed by atoms with E-state index in [2.05, 4.69) is 36.8 Å². The summed E-state index contributed by atoms with van der Waals surface area (Å²) in [7, 11) is 2.07. The number of ether oxygens (including phenoxy) is 1. The first-order chi connectivity index (χ1) is 11.0. The predicted octanol–water partition coefficient (Wildman–Crippen LogP) is 2.94. The molecule has 0 atom stereocenters. The van der Waals surface area contributed by atoms with Crippen molar-refractivity contribution in [3.05, 3.63) is 52.8 Å². The van der Waals surface area contributed by atoms with Crippen molar-refractivity contribution in [2.45, 2.75) is 33.6 Å². The molecule has 0 aliphatic heterocycles. The van der Waals surface area contributed by atoms with Crippen molar-refractivity contribution in [1.82, 2.24) is 9.88 Å². The van der Waals surface area contributed by atoms with Crippen LogP contribution in [-0.2, 0) is 24.7 Å². The highest BCUT2D eigenvalue weighted by atomic mass is 16.5. The Labute approximate surface area is 138 Å². The second-order valence-electron chi connectivity index (χ2n) is 5.81. The van der Waals surface area contributed by atoms with Crippen molar-refractivity contribution in [3.63, 3.8) is 0 Å².